The molecule has 2 aromatic heterocycles. The van der Waals surface area contributed by atoms with Crippen LogP contribution in [0.5, 0.6) is 0 Å². The molecule has 0 spiro atoms. The number of nitrogens with zero attached hydrogens (tertiary/aromatic N) is 2. The number of carbonyl (C=O) groups is 1. The van der Waals surface area contributed by atoms with Gasteiger partial charge in [-0.3, -0.25) is 19.1 Å². The summed E-state index contributed by atoms with van der Waals surface area (Å²) in [5, 5.41) is 0. The monoisotopic (exact) mass is 354 g/mol. The van der Waals surface area contributed by atoms with E-state index in [0.717, 1.165) is 0 Å². The summed E-state index contributed by atoms with van der Waals surface area (Å²) in [4.78, 5) is 28.8. The molecular weight excluding hydrogens is 344 g/mol. The third-order valence-electron chi connectivity index (χ3n) is 3.17. The molecule has 0 aliphatic carbocycles. The highest BCUT2D eigenvalue weighted by Crippen LogP contribution is 2.14. The lowest BCUT2D eigenvalue weighted by Crippen LogP contribution is -2.20. The zero-order chi connectivity index (χ0) is 15.5. The van der Waals surface area contributed by atoms with Gasteiger partial charge in [0.15, 0.2) is 0 Å². The number of ketones is 1. The lowest BCUT2D eigenvalue weighted by molar-refractivity contribution is 0.103. The number of hydrogen-bond donors (Lipinski definition) is 0. The third kappa shape index (κ3) is 2.76. The lowest BCUT2D eigenvalue weighted by atomic mass is 10.1. The first-order chi connectivity index (χ1) is 10.7. The van der Waals surface area contributed by atoms with Crippen molar-refractivity contribution in [2.24, 2.45) is 0 Å². The van der Waals surface area contributed by atoms with Crippen LogP contribution in [-0.2, 0) is 0 Å². The summed E-state index contributed by atoms with van der Waals surface area (Å²) < 4.78 is 1.78. The van der Waals surface area contributed by atoms with Gasteiger partial charge >= 0.3 is 0 Å². The van der Waals surface area contributed by atoms with Crippen molar-refractivity contribution < 1.29 is 4.79 Å². The topological polar surface area (TPSA) is 52.0 Å². The summed E-state index contributed by atoms with van der Waals surface area (Å²) in [5.41, 5.74) is 1.22. The van der Waals surface area contributed by atoms with Gasteiger partial charge in [0.2, 0.25) is 5.78 Å². The Kier molecular flexibility index (Phi) is 3.98. The van der Waals surface area contributed by atoms with Crippen LogP contribution in [0, 0.1) is 0 Å². The van der Waals surface area contributed by atoms with Crippen molar-refractivity contribution in [1.82, 2.24) is 9.55 Å². The molecule has 0 saturated carbocycles. The molecule has 5 heteroatoms. The summed E-state index contributed by atoms with van der Waals surface area (Å²) in [5.74, 6) is -0.231. The van der Waals surface area contributed by atoms with Crippen LogP contribution in [0.3, 0.4) is 0 Å². The third-order valence-corrected chi connectivity index (χ3v) is 3.74. The fraction of sp³-hybridized carbons (Fsp3) is 0. The first-order valence-corrected chi connectivity index (χ1v) is 7.39. The second kappa shape index (κ2) is 6.07. The van der Waals surface area contributed by atoms with E-state index < -0.39 is 0 Å². The number of rotatable bonds is 3. The minimum absolute atomic E-state index is 0.219. The Hall–Kier alpha value is -2.53. The Labute approximate surface area is 135 Å². The molecular formula is C17H11BrN2O2. The normalized spacial score (nSPS) is 10.4. The molecule has 0 saturated heterocycles. The van der Waals surface area contributed by atoms with Crippen molar-refractivity contribution in [2.45, 2.75) is 0 Å². The van der Waals surface area contributed by atoms with E-state index in [1.165, 1.54) is 10.6 Å². The highest BCUT2D eigenvalue weighted by molar-refractivity contribution is 9.10. The van der Waals surface area contributed by atoms with Crippen LogP contribution in [0.25, 0.3) is 5.69 Å². The second-order valence-electron chi connectivity index (χ2n) is 4.63. The van der Waals surface area contributed by atoms with Gasteiger partial charge in [0.1, 0.15) is 5.69 Å². The molecule has 1 aromatic carbocycles. The Morgan fingerprint density at radius 2 is 1.77 bits per heavy atom. The minimum atomic E-state index is -0.231. The molecule has 3 rings (SSSR count). The predicted molar refractivity (Wildman–Crippen MR) is 87.4 cm³/mol. The summed E-state index contributed by atoms with van der Waals surface area (Å²) in [6, 6.07) is 15.8. The van der Waals surface area contributed by atoms with Crippen molar-refractivity contribution >= 4 is 21.7 Å². The summed E-state index contributed by atoms with van der Waals surface area (Å²) in [7, 11) is 0. The smallest absolute Gasteiger partial charge is 0.269 e. The molecule has 0 unspecified atom stereocenters. The van der Waals surface area contributed by atoms with Crippen LogP contribution in [0.4, 0.5) is 0 Å². The average molecular weight is 355 g/mol. The van der Waals surface area contributed by atoms with Crippen molar-refractivity contribution in [1.29, 1.82) is 0 Å². The number of hydrogen-bond acceptors (Lipinski definition) is 3. The Morgan fingerprint density at radius 1 is 1.05 bits per heavy atom. The van der Waals surface area contributed by atoms with Crippen molar-refractivity contribution in [2.75, 3.05) is 0 Å². The molecule has 0 aliphatic rings. The van der Waals surface area contributed by atoms with Gasteiger partial charge in [0, 0.05) is 23.6 Å². The largest absolute Gasteiger partial charge is 0.287 e. The molecule has 22 heavy (non-hydrogen) atoms. The maximum Gasteiger partial charge on any atom is 0.269 e. The van der Waals surface area contributed by atoms with Crippen LogP contribution in [-0.4, -0.2) is 15.3 Å². The van der Waals surface area contributed by atoms with Crippen molar-refractivity contribution in [3.8, 4) is 5.69 Å². The molecule has 0 N–H and O–H groups in total. The Morgan fingerprint density at radius 3 is 2.45 bits per heavy atom. The zero-order valence-corrected chi connectivity index (χ0v) is 13.0. The number of carbonyl (C=O) groups excluding carboxylic acids is 1. The maximum absolute atomic E-state index is 12.5. The van der Waals surface area contributed by atoms with Crippen LogP contribution in [0.2, 0.25) is 0 Å². The van der Waals surface area contributed by atoms with Crippen LogP contribution in [0.15, 0.2) is 76.3 Å². The predicted octanol–water partition coefficient (Wildman–Crippen LogP) is 3.23. The molecule has 4 nitrogen and oxygen atoms in total. The van der Waals surface area contributed by atoms with Gasteiger partial charge in [-0.1, -0.05) is 24.3 Å². The Bertz CT molecular complexity index is 874. The van der Waals surface area contributed by atoms with Crippen LogP contribution in [0.1, 0.15) is 16.1 Å². The van der Waals surface area contributed by atoms with E-state index in [9.17, 15) is 9.59 Å². The van der Waals surface area contributed by atoms with Crippen molar-refractivity contribution in [3.63, 3.8) is 0 Å². The van der Waals surface area contributed by atoms with Gasteiger partial charge in [-0.05, 0) is 46.3 Å². The molecule has 2 heterocycles. The molecule has 108 valence electrons. The summed E-state index contributed by atoms with van der Waals surface area (Å²) in [6.45, 7) is 0. The highest BCUT2D eigenvalue weighted by Gasteiger charge is 2.14. The standard InChI is InChI=1S/C17H11BrN2O2/c18-14-10-12(16(21)15-8-4-5-9-19-15)11-20(17(14)22)13-6-2-1-3-7-13/h1-11H. The summed E-state index contributed by atoms with van der Waals surface area (Å²) in [6.07, 6.45) is 3.11. The van der Waals surface area contributed by atoms with Crippen LogP contribution >= 0.6 is 15.9 Å². The van der Waals surface area contributed by atoms with Gasteiger partial charge in [0.25, 0.3) is 5.56 Å². The lowest BCUT2D eigenvalue weighted by Gasteiger charge is -2.09. The number of pyridine rings is 2. The number of benzene rings is 1. The molecule has 0 aliphatic heterocycles. The van der Waals surface area contributed by atoms with E-state index in [0.29, 0.717) is 21.4 Å². The molecule has 0 fully saturated rings. The highest BCUT2D eigenvalue weighted by atomic mass is 79.9. The van der Waals surface area contributed by atoms with Gasteiger partial charge < -0.3 is 0 Å². The second-order valence-corrected chi connectivity index (χ2v) is 5.49. The number of aromatic nitrogens is 2. The quantitative estimate of drug-likeness (QED) is 0.678. The number of para-hydroxylation sites is 1. The van der Waals surface area contributed by atoms with Crippen molar-refractivity contribution in [3.05, 3.63) is 93.1 Å². The van der Waals surface area contributed by atoms with Gasteiger partial charge in [-0.25, -0.2) is 0 Å². The molecule has 0 amide bonds. The maximum atomic E-state index is 12.5. The zero-order valence-electron chi connectivity index (χ0n) is 11.4. The van der Waals surface area contributed by atoms with Gasteiger partial charge in [0.05, 0.1) is 4.47 Å². The molecule has 0 radical (unpaired) electrons. The first-order valence-electron chi connectivity index (χ1n) is 6.60. The molecule has 3 aromatic rings. The first kappa shape index (κ1) is 14.4. The summed E-state index contributed by atoms with van der Waals surface area (Å²) >= 11 is 3.23. The van der Waals surface area contributed by atoms with Crippen LogP contribution < -0.4 is 5.56 Å². The number of halogens is 1. The molecule has 0 atom stereocenters. The fourth-order valence-corrected chi connectivity index (χ4v) is 2.54. The van der Waals surface area contributed by atoms with E-state index in [1.54, 1.807) is 30.6 Å². The van der Waals surface area contributed by atoms with E-state index in [4.69, 9.17) is 0 Å². The fourth-order valence-electron chi connectivity index (χ4n) is 2.10. The van der Waals surface area contributed by atoms with E-state index >= 15 is 0 Å². The van der Waals surface area contributed by atoms with E-state index in [1.807, 2.05) is 30.3 Å². The SMILES string of the molecule is O=C(c1cc(Br)c(=O)n(-c2ccccc2)c1)c1ccccn1. The van der Waals surface area contributed by atoms with Gasteiger partial charge in [-0.2, -0.15) is 0 Å². The Balaban J connectivity index is 2.13. The van der Waals surface area contributed by atoms with E-state index in [-0.39, 0.29) is 11.3 Å². The average Bonchev–Trinajstić information content (AvgIpc) is 2.58. The van der Waals surface area contributed by atoms with E-state index in [2.05, 4.69) is 20.9 Å². The van der Waals surface area contributed by atoms with Gasteiger partial charge in [-0.15, -0.1) is 0 Å². The molecule has 0 bridgehead atoms. The minimum Gasteiger partial charge on any atom is -0.287 e.